The van der Waals surface area contributed by atoms with Gasteiger partial charge in [-0.2, -0.15) is 0 Å². The van der Waals surface area contributed by atoms with Crippen LogP contribution in [0.4, 0.5) is 5.69 Å². The Morgan fingerprint density at radius 1 is 1.27 bits per heavy atom. The number of rotatable bonds is 4. The Kier molecular flexibility index (Phi) is 5.41. The SMILES string of the molecule is CC(=O)N1CCCC(C(=O)Nc2ccc(OC(C)C)cc2)C1. The molecule has 1 heterocycles. The Morgan fingerprint density at radius 3 is 2.55 bits per heavy atom. The van der Waals surface area contributed by atoms with Gasteiger partial charge in [0.25, 0.3) is 0 Å². The van der Waals surface area contributed by atoms with Gasteiger partial charge in [-0.25, -0.2) is 0 Å². The summed E-state index contributed by atoms with van der Waals surface area (Å²) >= 11 is 0. The molecule has 0 aliphatic carbocycles. The molecule has 0 radical (unpaired) electrons. The van der Waals surface area contributed by atoms with Crippen molar-refractivity contribution in [3.05, 3.63) is 24.3 Å². The van der Waals surface area contributed by atoms with Crippen molar-refractivity contribution >= 4 is 17.5 Å². The molecule has 0 spiro atoms. The van der Waals surface area contributed by atoms with Gasteiger partial charge in [0.2, 0.25) is 11.8 Å². The van der Waals surface area contributed by atoms with Gasteiger partial charge in [-0.3, -0.25) is 9.59 Å². The maximum Gasteiger partial charge on any atom is 0.229 e. The lowest BCUT2D eigenvalue weighted by molar-refractivity contribution is -0.132. The second-order valence-corrected chi connectivity index (χ2v) is 5.98. The second kappa shape index (κ2) is 7.29. The van der Waals surface area contributed by atoms with Crippen LogP contribution in [0.25, 0.3) is 0 Å². The second-order valence-electron chi connectivity index (χ2n) is 5.98. The summed E-state index contributed by atoms with van der Waals surface area (Å²) in [5.41, 5.74) is 0.751. The van der Waals surface area contributed by atoms with Gasteiger partial charge in [0, 0.05) is 25.7 Å². The van der Waals surface area contributed by atoms with E-state index in [9.17, 15) is 9.59 Å². The van der Waals surface area contributed by atoms with Crippen LogP contribution in [0.2, 0.25) is 0 Å². The van der Waals surface area contributed by atoms with Gasteiger partial charge in [-0.1, -0.05) is 0 Å². The van der Waals surface area contributed by atoms with Crippen LogP contribution in [0.15, 0.2) is 24.3 Å². The molecule has 5 heteroatoms. The standard InChI is InChI=1S/C17H24N2O3/c1-12(2)22-16-8-6-15(7-9-16)18-17(21)14-5-4-10-19(11-14)13(3)20/h6-9,12,14H,4-5,10-11H2,1-3H3,(H,18,21). The van der Waals surface area contributed by atoms with Crippen molar-refractivity contribution in [1.82, 2.24) is 4.90 Å². The number of carbonyl (C=O) groups is 2. The van der Waals surface area contributed by atoms with E-state index in [2.05, 4.69) is 5.32 Å². The number of anilines is 1. The van der Waals surface area contributed by atoms with Gasteiger partial charge < -0.3 is 15.0 Å². The third-order valence-electron chi connectivity index (χ3n) is 3.73. The van der Waals surface area contributed by atoms with Crippen molar-refractivity contribution in [3.8, 4) is 5.75 Å². The van der Waals surface area contributed by atoms with Gasteiger partial charge in [0.05, 0.1) is 12.0 Å². The van der Waals surface area contributed by atoms with E-state index < -0.39 is 0 Å². The molecule has 1 aliphatic rings. The summed E-state index contributed by atoms with van der Waals surface area (Å²) in [5.74, 6) is 0.661. The van der Waals surface area contributed by atoms with Crippen LogP contribution in [0.1, 0.15) is 33.6 Å². The van der Waals surface area contributed by atoms with E-state index in [4.69, 9.17) is 4.74 Å². The number of piperidine rings is 1. The molecule has 1 aromatic carbocycles. The molecule has 1 N–H and O–H groups in total. The molecule has 1 unspecified atom stereocenters. The van der Waals surface area contributed by atoms with Gasteiger partial charge in [-0.15, -0.1) is 0 Å². The number of likely N-dealkylation sites (tertiary alicyclic amines) is 1. The highest BCUT2D eigenvalue weighted by molar-refractivity contribution is 5.93. The quantitative estimate of drug-likeness (QED) is 0.930. The number of carbonyl (C=O) groups excluding carboxylic acids is 2. The summed E-state index contributed by atoms with van der Waals surface area (Å²) < 4.78 is 5.57. The first-order valence-corrected chi connectivity index (χ1v) is 7.79. The van der Waals surface area contributed by atoms with Crippen LogP contribution < -0.4 is 10.1 Å². The predicted octanol–water partition coefficient (Wildman–Crippen LogP) is 2.67. The molecular formula is C17H24N2O3. The molecule has 0 bridgehead atoms. The first-order valence-electron chi connectivity index (χ1n) is 7.79. The first-order chi connectivity index (χ1) is 10.5. The Balaban J connectivity index is 1.92. The molecule has 0 aromatic heterocycles. The van der Waals surface area contributed by atoms with E-state index in [1.54, 1.807) is 11.8 Å². The highest BCUT2D eigenvalue weighted by atomic mass is 16.5. The first kappa shape index (κ1) is 16.3. The molecule has 120 valence electrons. The fourth-order valence-corrected chi connectivity index (χ4v) is 2.61. The molecule has 1 saturated heterocycles. The molecule has 1 aliphatic heterocycles. The maximum absolute atomic E-state index is 12.3. The average Bonchev–Trinajstić information content (AvgIpc) is 2.49. The fraction of sp³-hybridized carbons (Fsp3) is 0.529. The molecule has 1 atom stereocenters. The van der Waals surface area contributed by atoms with Crippen molar-refractivity contribution < 1.29 is 14.3 Å². The van der Waals surface area contributed by atoms with E-state index in [1.165, 1.54) is 0 Å². The molecule has 0 saturated carbocycles. The minimum Gasteiger partial charge on any atom is -0.491 e. The summed E-state index contributed by atoms with van der Waals surface area (Å²) in [5, 5.41) is 2.92. The Labute approximate surface area is 131 Å². The van der Waals surface area contributed by atoms with Gasteiger partial charge in [-0.05, 0) is 51.0 Å². The van der Waals surface area contributed by atoms with Gasteiger partial charge in [0.1, 0.15) is 5.75 Å². The molecule has 2 amide bonds. The van der Waals surface area contributed by atoms with Crippen molar-refractivity contribution in [3.63, 3.8) is 0 Å². The van der Waals surface area contributed by atoms with Gasteiger partial charge in [0.15, 0.2) is 0 Å². The van der Waals surface area contributed by atoms with Gasteiger partial charge >= 0.3 is 0 Å². The third-order valence-corrected chi connectivity index (χ3v) is 3.73. The molecule has 2 rings (SSSR count). The summed E-state index contributed by atoms with van der Waals surface area (Å²) in [6, 6.07) is 7.36. The number of hydrogen-bond donors (Lipinski definition) is 1. The molecular weight excluding hydrogens is 280 g/mol. The highest BCUT2D eigenvalue weighted by Gasteiger charge is 2.26. The zero-order valence-corrected chi connectivity index (χ0v) is 13.5. The minimum absolute atomic E-state index is 0.0246. The highest BCUT2D eigenvalue weighted by Crippen LogP contribution is 2.21. The van der Waals surface area contributed by atoms with Crippen LogP contribution in [0, 0.1) is 5.92 Å². The molecule has 1 fully saturated rings. The van der Waals surface area contributed by atoms with Crippen LogP contribution in [-0.4, -0.2) is 35.9 Å². The number of nitrogens with zero attached hydrogens (tertiary/aromatic N) is 1. The number of nitrogens with one attached hydrogen (secondary N) is 1. The number of benzene rings is 1. The number of ether oxygens (including phenoxy) is 1. The Hall–Kier alpha value is -2.04. The zero-order chi connectivity index (χ0) is 16.1. The number of hydrogen-bond acceptors (Lipinski definition) is 3. The average molecular weight is 304 g/mol. The normalized spacial score (nSPS) is 18.2. The van der Waals surface area contributed by atoms with Crippen molar-refractivity contribution in [2.75, 3.05) is 18.4 Å². The smallest absolute Gasteiger partial charge is 0.229 e. The van der Waals surface area contributed by atoms with E-state index in [-0.39, 0.29) is 23.8 Å². The lowest BCUT2D eigenvalue weighted by Crippen LogP contribution is -2.42. The summed E-state index contributed by atoms with van der Waals surface area (Å²) in [4.78, 5) is 25.5. The summed E-state index contributed by atoms with van der Waals surface area (Å²) in [6.07, 6.45) is 1.82. The van der Waals surface area contributed by atoms with Crippen LogP contribution >= 0.6 is 0 Å². The summed E-state index contributed by atoms with van der Waals surface area (Å²) in [6.45, 7) is 6.75. The van der Waals surface area contributed by atoms with E-state index in [1.807, 2.05) is 38.1 Å². The van der Waals surface area contributed by atoms with Crippen molar-refractivity contribution in [1.29, 1.82) is 0 Å². The Bertz CT molecular complexity index is 525. The molecule has 5 nitrogen and oxygen atoms in total. The zero-order valence-electron chi connectivity index (χ0n) is 13.5. The van der Waals surface area contributed by atoms with Crippen LogP contribution in [-0.2, 0) is 9.59 Å². The van der Waals surface area contributed by atoms with E-state index >= 15 is 0 Å². The largest absolute Gasteiger partial charge is 0.491 e. The van der Waals surface area contributed by atoms with Crippen molar-refractivity contribution in [2.45, 2.75) is 39.7 Å². The van der Waals surface area contributed by atoms with E-state index in [0.29, 0.717) is 6.54 Å². The third kappa shape index (κ3) is 4.48. The number of amides is 2. The van der Waals surface area contributed by atoms with E-state index in [0.717, 1.165) is 30.8 Å². The summed E-state index contributed by atoms with van der Waals surface area (Å²) in [7, 11) is 0. The lowest BCUT2D eigenvalue weighted by atomic mass is 9.97. The Morgan fingerprint density at radius 2 is 1.95 bits per heavy atom. The fourth-order valence-electron chi connectivity index (χ4n) is 2.61. The molecule has 22 heavy (non-hydrogen) atoms. The maximum atomic E-state index is 12.3. The van der Waals surface area contributed by atoms with Crippen molar-refractivity contribution in [2.24, 2.45) is 5.92 Å². The monoisotopic (exact) mass is 304 g/mol. The van der Waals surface area contributed by atoms with Crippen LogP contribution in [0.3, 0.4) is 0 Å². The topological polar surface area (TPSA) is 58.6 Å². The van der Waals surface area contributed by atoms with Crippen LogP contribution in [0.5, 0.6) is 5.75 Å². The molecule has 1 aromatic rings. The predicted molar refractivity (Wildman–Crippen MR) is 85.8 cm³/mol. The minimum atomic E-state index is -0.135. The lowest BCUT2D eigenvalue weighted by Gasteiger charge is -2.31.